The topological polar surface area (TPSA) is 55.6 Å². The molecule has 1 amide bonds. The van der Waals surface area contributed by atoms with Crippen molar-refractivity contribution in [2.24, 2.45) is 5.73 Å². The van der Waals surface area contributed by atoms with Crippen LogP contribution >= 0.6 is 0 Å². The van der Waals surface area contributed by atoms with E-state index < -0.39 is 0 Å². The minimum Gasteiger partial charge on any atom is -0.374 e. The number of hydrogen-bond acceptors (Lipinski definition) is 3. The van der Waals surface area contributed by atoms with Crippen LogP contribution in [0.3, 0.4) is 0 Å². The molecule has 126 valence electrons. The zero-order valence-corrected chi connectivity index (χ0v) is 14.0. The van der Waals surface area contributed by atoms with Gasteiger partial charge in [-0.3, -0.25) is 4.79 Å². The molecule has 0 bridgehead atoms. The smallest absolute Gasteiger partial charge is 0.225 e. The lowest BCUT2D eigenvalue weighted by Crippen LogP contribution is -2.47. The molecule has 1 aliphatic rings. The fraction of sp³-hybridized carbons (Fsp3) is 0.350. The van der Waals surface area contributed by atoms with Gasteiger partial charge in [0.1, 0.15) is 0 Å². The number of carbonyl (C=O) groups excluding carboxylic acids is 1. The van der Waals surface area contributed by atoms with Crippen molar-refractivity contribution in [3.63, 3.8) is 0 Å². The van der Waals surface area contributed by atoms with Gasteiger partial charge in [-0.05, 0) is 18.1 Å². The second-order valence-electron chi connectivity index (χ2n) is 6.34. The molecule has 0 aromatic heterocycles. The van der Waals surface area contributed by atoms with E-state index in [1.165, 1.54) is 0 Å². The molecule has 2 N–H and O–H groups in total. The van der Waals surface area contributed by atoms with E-state index in [2.05, 4.69) is 0 Å². The highest BCUT2D eigenvalue weighted by Gasteiger charge is 2.32. The molecule has 2 aromatic carbocycles. The van der Waals surface area contributed by atoms with Gasteiger partial charge in [0.15, 0.2) is 0 Å². The lowest BCUT2D eigenvalue weighted by molar-refractivity contribution is -0.145. The molecule has 2 aromatic rings. The first-order valence-electron chi connectivity index (χ1n) is 8.41. The van der Waals surface area contributed by atoms with Crippen LogP contribution in [0.15, 0.2) is 60.7 Å². The molecule has 0 spiro atoms. The predicted molar refractivity (Wildman–Crippen MR) is 94.3 cm³/mol. The Labute approximate surface area is 143 Å². The van der Waals surface area contributed by atoms with Gasteiger partial charge in [0.05, 0.1) is 18.8 Å². The van der Waals surface area contributed by atoms with E-state index in [1.54, 1.807) is 0 Å². The maximum absolute atomic E-state index is 12.9. The molecule has 4 nitrogen and oxygen atoms in total. The predicted octanol–water partition coefficient (Wildman–Crippen LogP) is 3.07. The summed E-state index contributed by atoms with van der Waals surface area (Å²) in [4.78, 5) is 14.8. The van der Waals surface area contributed by atoms with Crippen molar-refractivity contribution in [3.8, 4) is 0 Å². The highest BCUT2D eigenvalue weighted by molar-refractivity contribution is 5.77. The average molecular weight is 324 g/mol. The quantitative estimate of drug-likeness (QED) is 0.940. The Morgan fingerprint density at radius 1 is 1.17 bits per heavy atom. The fourth-order valence-corrected chi connectivity index (χ4v) is 3.15. The number of benzene rings is 2. The molecule has 3 rings (SSSR count). The summed E-state index contributed by atoms with van der Waals surface area (Å²) in [5.41, 5.74) is 8.33. The van der Waals surface area contributed by atoms with Crippen LogP contribution in [0, 0.1) is 0 Å². The van der Waals surface area contributed by atoms with E-state index >= 15 is 0 Å². The molecule has 1 aliphatic heterocycles. The molecular weight excluding hydrogens is 300 g/mol. The van der Waals surface area contributed by atoms with Crippen molar-refractivity contribution >= 4 is 5.91 Å². The molecule has 0 aliphatic carbocycles. The van der Waals surface area contributed by atoms with Crippen molar-refractivity contribution in [3.05, 3.63) is 71.8 Å². The average Bonchev–Trinajstić information content (AvgIpc) is 2.63. The second-order valence-corrected chi connectivity index (χ2v) is 6.34. The zero-order valence-electron chi connectivity index (χ0n) is 14.0. The monoisotopic (exact) mass is 324 g/mol. The first-order chi connectivity index (χ1) is 11.6. The fourth-order valence-electron chi connectivity index (χ4n) is 3.15. The summed E-state index contributed by atoms with van der Waals surface area (Å²) in [5, 5.41) is 0. The van der Waals surface area contributed by atoms with Crippen molar-refractivity contribution in [2.45, 2.75) is 31.5 Å². The summed E-state index contributed by atoms with van der Waals surface area (Å²) in [6.45, 7) is 3.12. The Bertz CT molecular complexity index is 660. The summed E-state index contributed by atoms with van der Waals surface area (Å²) in [6, 6.07) is 19.5. The Morgan fingerprint density at radius 3 is 2.46 bits per heavy atom. The van der Waals surface area contributed by atoms with Gasteiger partial charge in [-0.2, -0.15) is 0 Å². The van der Waals surface area contributed by atoms with Crippen LogP contribution in [-0.2, 0) is 9.53 Å². The second kappa shape index (κ2) is 7.60. The largest absolute Gasteiger partial charge is 0.374 e. The SMILES string of the molecule is CC1CN(C(=O)CC(N)c2ccccc2)C(c2ccccc2)CO1. The van der Waals surface area contributed by atoms with E-state index in [4.69, 9.17) is 10.5 Å². The van der Waals surface area contributed by atoms with Gasteiger partial charge in [-0.1, -0.05) is 60.7 Å². The normalized spacial score (nSPS) is 22.2. The lowest BCUT2D eigenvalue weighted by Gasteiger charge is -2.39. The number of carbonyl (C=O) groups is 1. The molecule has 3 unspecified atom stereocenters. The molecule has 1 saturated heterocycles. The van der Waals surface area contributed by atoms with E-state index in [0.29, 0.717) is 19.6 Å². The van der Waals surface area contributed by atoms with Gasteiger partial charge in [0.25, 0.3) is 0 Å². The van der Waals surface area contributed by atoms with Crippen LogP contribution < -0.4 is 5.73 Å². The maximum Gasteiger partial charge on any atom is 0.225 e. The summed E-state index contributed by atoms with van der Waals surface area (Å²) < 4.78 is 5.79. The van der Waals surface area contributed by atoms with E-state index in [9.17, 15) is 4.79 Å². The third kappa shape index (κ3) is 3.83. The van der Waals surface area contributed by atoms with Gasteiger partial charge in [0.2, 0.25) is 5.91 Å². The van der Waals surface area contributed by atoms with Crippen molar-refractivity contribution in [2.75, 3.05) is 13.2 Å². The molecule has 0 radical (unpaired) electrons. The Kier molecular flexibility index (Phi) is 5.28. The van der Waals surface area contributed by atoms with Crippen molar-refractivity contribution < 1.29 is 9.53 Å². The maximum atomic E-state index is 12.9. The molecule has 4 heteroatoms. The number of nitrogens with zero attached hydrogens (tertiary/aromatic N) is 1. The molecule has 1 fully saturated rings. The number of morpholine rings is 1. The number of rotatable bonds is 4. The van der Waals surface area contributed by atoms with E-state index in [1.807, 2.05) is 72.5 Å². The van der Waals surface area contributed by atoms with Gasteiger partial charge in [-0.25, -0.2) is 0 Å². The number of nitrogens with two attached hydrogens (primary N) is 1. The molecule has 24 heavy (non-hydrogen) atoms. The van der Waals surface area contributed by atoms with Gasteiger partial charge in [-0.15, -0.1) is 0 Å². The lowest BCUT2D eigenvalue weighted by atomic mass is 10.0. The summed E-state index contributed by atoms with van der Waals surface area (Å²) in [7, 11) is 0. The highest BCUT2D eigenvalue weighted by Crippen LogP contribution is 2.28. The first-order valence-corrected chi connectivity index (χ1v) is 8.41. The Hall–Kier alpha value is -2.17. The molecule has 3 atom stereocenters. The number of amides is 1. The van der Waals surface area contributed by atoms with Crippen molar-refractivity contribution in [1.29, 1.82) is 0 Å². The van der Waals surface area contributed by atoms with Gasteiger partial charge >= 0.3 is 0 Å². The van der Waals surface area contributed by atoms with Crippen LogP contribution in [0.4, 0.5) is 0 Å². The highest BCUT2D eigenvalue weighted by atomic mass is 16.5. The van der Waals surface area contributed by atoms with Crippen LogP contribution in [0.1, 0.15) is 36.6 Å². The van der Waals surface area contributed by atoms with Crippen LogP contribution in [0.25, 0.3) is 0 Å². The molecule has 0 saturated carbocycles. The van der Waals surface area contributed by atoms with Gasteiger partial charge < -0.3 is 15.4 Å². The minimum absolute atomic E-state index is 0.0434. The summed E-state index contributed by atoms with van der Waals surface area (Å²) in [5.74, 6) is 0.0790. The van der Waals surface area contributed by atoms with Crippen LogP contribution in [0.5, 0.6) is 0 Å². The van der Waals surface area contributed by atoms with Crippen LogP contribution in [0.2, 0.25) is 0 Å². The van der Waals surface area contributed by atoms with Gasteiger partial charge in [0, 0.05) is 19.0 Å². The third-order valence-corrected chi connectivity index (χ3v) is 4.50. The third-order valence-electron chi connectivity index (χ3n) is 4.50. The Morgan fingerprint density at radius 2 is 1.79 bits per heavy atom. The standard InChI is InChI=1S/C20H24N2O2/c1-15-13-22(19(14-24-15)17-10-6-3-7-11-17)20(23)12-18(21)16-8-4-2-5-9-16/h2-11,15,18-19H,12-14,21H2,1H3. The number of ether oxygens (including phenoxy) is 1. The summed E-state index contributed by atoms with van der Waals surface area (Å²) in [6.07, 6.45) is 0.349. The van der Waals surface area contributed by atoms with E-state index in [-0.39, 0.29) is 24.1 Å². The van der Waals surface area contributed by atoms with Crippen molar-refractivity contribution in [1.82, 2.24) is 4.90 Å². The first kappa shape index (κ1) is 16.7. The summed E-state index contributed by atoms with van der Waals surface area (Å²) >= 11 is 0. The minimum atomic E-state index is -0.284. The van der Waals surface area contributed by atoms with E-state index in [0.717, 1.165) is 11.1 Å². The molecule has 1 heterocycles. The number of hydrogen-bond donors (Lipinski definition) is 1. The molecular formula is C20H24N2O2. The zero-order chi connectivity index (χ0) is 16.9. The Balaban J connectivity index is 1.75. The van der Waals surface area contributed by atoms with Crippen LogP contribution in [-0.4, -0.2) is 30.1 Å².